The number of nitrogens with zero attached hydrogens (tertiary/aromatic N) is 6. The summed E-state index contributed by atoms with van der Waals surface area (Å²) in [5.74, 6) is 3.58. The Morgan fingerprint density at radius 2 is 2.12 bits per heavy atom. The molecule has 3 aromatic heterocycles. The zero-order valence-electron chi connectivity index (χ0n) is 13.1. The molecule has 25 heavy (non-hydrogen) atoms. The second kappa shape index (κ2) is 7.24. The molecule has 0 atom stereocenters. The number of ether oxygens (including phenoxy) is 1. The highest BCUT2D eigenvalue weighted by Gasteiger charge is 2.21. The van der Waals surface area contributed by atoms with Gasteiger partial charge in [0.1, 0.15) is 12.4 Å². The Hall–Kier alpha value is -2.39. The normalized spacial score (nSPS) is 12.7. The van der Waals surface area contributed by atoms with Crippen LogP contribution in [0.1, 0.15) is 5.82 Å². The quantitative estimate of drug-likeness (QED) is 0.537. The standard InChI is InChI=1S/C15H14ClN7OS/c16-10-8-18-12(19-9-10)3-7-25-22-15-21-20-13-11-2-1-4-17-14(11)24-6-5-23(13)15/h1-2,4,8-9H,3,5-7H2,(H,21,22). The van der Waals surface area contributed by atoms with Crippen LogP contribution in [0.4, 0.5) is 5.95 Å². The number of aromatic nitrogens is 6. The minimum Gasteiger partial charge on any atom is -0.475 e. The van der Waals surface area contributed by atoms with Crippen molar-refractivity contribution in [2.45, 2.75) is 13.0 Å². The molecular weight excluding hydrogens is 362 g/mol. The molecule has 8 nitrogen and oxygen atoms in total. The molecule has 0 radical (unpaired) electrons. The lowest BCUT2D eigenvalue weighted by molar-refractivity contribution is 0.296. The molecule has 1 aliphatic heterocycles. The van der Waals surface area contributed by atoms with Crippen LogP contribution in [0.5, 0.6) is 5.88 Å². The predicted molar refractivity (Wildman–Crippen MR) is 95.6 cm³/mol. The largest absolute Gasteiger partial charge is 0.475 e. The summed E-state index contributed by atoms with van der Waals surface area (Å²) in [4.78, 5) is 12.6. The van der Waals surface area contributed by atoms with Gasteiger partial charge in [0.2, 0.25) is 11.8 Å². The van der Waals surface area contributed by atoms with Crippen molar-refractivity contribution >= 4 is 29.5 Å². The number of halogens is 1. The maximum Gasteiger partial charge on any atom is 0.235 e. The number of rotatable bonds is 5. The maximum absolute atomic E-state index is 5.78. The Morgan fingerprint density at radius 3 is 3.00 bits per heavy atom. The summed E-state index contributed by atoms with van der Waals surface area (Å²) in [6.07, 6.45) is 5.64. The summed E-state index contributed by atoms with van der Waals surface area (Å²) < 4.78 is 10.9. The predicted octanol–water partition coefficient (Wildman–Crippen LogP) is 2.48. The Labute approximate surface area is 153 Å². The molecule has 0 saturated heterocycles. The summed E-state index contributed by atoms with van der Waals surface area (Å²) >= 11 is 7.31. The van der Waals surface area contributed by atoms with Gasteiger partial charge in [-0.3, -0.25) is 9.29 Å². The molecule has 3 aromatic rings. The molecule has 1 N–H and O–H groups in total. The smallest absolute Gasteiger partial charge is 0.235 e. The van der Waals surface area contributed by atoms with Gasteiger partial charge < -0.3 is 4.74 Å². The first-order chi connectivity index (χ1) is 12.3. The molecule has 0 bridgehead atoms. The number of nitrogens with one attached hydrogen (secondary N) is 1. The number of anilines is 1. The lowest BCUT2D eigenvalue weighted by atomic mass is 10.2. The second-order valence-electron chi connectivity index (χ2n) is 5.22. The molecule has 4 heterocycles. The topological polar surface area (TPSA) is 90.6 Å². The van der Waals surface area contributed by atoms with Gasteiger partial charge in [-0.2, -0.15) is 0 Å². The van der Waals surface area contributed by atoms with E-state index in [2.05, 4.69) is 29.9 Å². The van der Waals surface area contributed by atoms with E-state index < -0.39 is 0 Å². The third-order valence-corrected chi connectivity index (χ3v) is 4.51. The summed E-state index contributed by atoms with van der Waals surface area (Å²) in [6.45, 7) is 1.18. The van der Waals surface area contributed by atoms with Crippen LogP contribution in [0.15, 0.2) is 30.7 Å². The van der Waals surface area contributed by atoms with Crippen LogP contribution in [0.2, 0.25) is 5.02 Å². The second-order valence-corrected chi connectivity index (χ2v) is 6.56. The summed E-state index contributed by atoms with van der Waals surface area (Å²) in [7, 11) is 0. The maximum atomic E-state index is 5.78. The van der Waals surface area contributed by atoms with E-state index in [-0.39, 0.29) is 0 Å². The highest BCUT2D eigenvalue weighted by Crippen LogP contribution is 2.30. The van der Waals surface area contributed by atoms with Crippen molar-refractivity contribution in [3.8, 4) is 17.3 Å². The van der Waals surface area contributed by atoms with Crippen LogP contribution in [0, 0.1) is 0 Å². The van der Waals surface area contributed by atoms with Crippen LogP contribution >= 0.6 is 23.5 Å². The van der Waals surface area contributed by atoms with Gasteiger partial charge in [-0.25, -0.2) is 15.0 Å². The Bertz CT molecular complexity index is 871. The number of aryl methyl sites for hydroxylation is 1. The average Bonchev–Trinajstić information content (AvgIpc) is 2.94. The zero-order valence-corrected chi connectivity index (χ0v) is 14.7. The van der Waals surface area contributed by atoms with Crippen LogP contribution in [0.25, 0.3) is 11.4 Å². The molecule has 1 aliphatic rings. The fraction of sp³-hybridized carbons (Fsp3) is 0.267. The number of hydrogen-bond acceptors (Lipinski definition) is 8. The van der Waals surface area contributed by atoms with Crippen molar-refractivity contribution in [3.63, 3.8) is 0 Å². The Kier molecular flexibility index (Phi) is 4.66. The summed E-state index contributed by atoms with van der Waals surface area (Å²) in [5.41, 5.74) is 0.847. The van der Waals surface area contributed by atoms with E-state index in [0.29, 0.717) is 30.0 Å². The lowest BCUT2D eigenvalue weighted by Crippen LogP contribution is -2.09. The van der Waals surface area contributed by atoms with Gasteiger partial charge in [-0.15, -0.1) is 10.2 Å². The molecular formula is C15H14ClN7OS. The molecule has 0 unspecified atom stereocenters. The van der Waals surface area contributed by atoms with Gasteiger partial charge in [0.25, 0.3) is 0 Å². The van der Waals surface area contributed by atoms with E-state index in [4.69, 9.17) is 16.3 Å². The SMILES string of the molecule is Clc1cnc(CCSNc2nnc3n2CCOc2ncccc2-3)nc1. The van der Waals surface area contributed by atoms with Crippen molar-refractivity contribution in [1.82, 2.24) is 29.7 Å². The highest BCUT2D eigenvalue weighted by molar-refractivity contribution is 8.00. The zero-order chi connectivity index (χ0) is 17.1. The summed E-state index contributed by atoms with van der Waals surface area (Å²) in [5, 5.41) is 9.07. The molecule has 0 spiro atoms. The molecule has 0 aromatic carbocycles. The Morgan fingerprint density at radius 1 is 1.24 bits per heavy atom. The van der Waals surface area contributed by atoms with Crippen molar-refractivity contribution in [2.75, 3.05) is 17.1 Å². The van der Waals surface area contributed by atoms with E-state index in [9.17, 15) is 0 Å². The van der Waals surface area contributed by atoms with E-state index in [1.165, 1.54) is 11.9 Å². The Balaban J connectivity index is 1.41. The number of fused-ring (bicyclic) bond motifs is 3. The first-order valence-electron chi connectivity index (χ1n) is 7.67. The third kappa shape index (κ3) is 3.52. The van der Waals surface area contributed by atoms with Crippen molar-refractivity contribution in [2.24, 2.45) is 0 Å². The van der Waals surface area contributed by atoms with Gasteiger partial charge in [0.05, 0.1) is 17.1 Å². The van der Waals surface area contributed by atoms with Crippen LogP contribution in [-0.4, -0.2) is 42.1 Å². The fourth-order valence-electron chi connectivity index (χ4n) is 2.43. The van der Waals surface area contributed by atoms with Crippen molar-refractivity contribution in [1.29, 1.82) is 0 Å². The summed E-state index contributed by atoms with van der Waals surface area (Å²) in [6, 6.07) is 3.80. The molecule has 10 heteroatoms. The number of hydrogen-bond donors (Lipinski definition) is 1. The molecule has 4 rings (SSSR count). The van der Waals surface area contributed by atoms with Crippen molar-refractivity contribution < 1.29 is 4.74 Å². The molecule has 0 fully saturated rings. The minimum atomic E-state index is 0.521. The first-order valence-corrected chi connectivity index (χ1v) is 9.03. The van der Waals surface area contributed by atoms with Crippen LogP contribution in [-0.2, 0) is 13.0 Å². The average molecular weight is 376 g/mol. The van der Waals surface area contributed by atoms with Crippen LogP contribution in [0.3, 0.4) is 0 Å². The molecule has 0 aliphatic carbocycles. The van der Waals surface area contributed by atoms with E-state index in [0.717, 1.165) is 29.4 Å². The fourth-order valence-corrected chi connectivity index (χ4v) is 3.19. The van der Waals surface area contributed by atoms with Crippen LogP contribution < -0.4 is 9.46 Å². The molecule has 0 saturated carbocycles. The van der Waals surface area contributed by atoms with E-state index in [1.807, 2.05) is 16.7 Å². The third-order valence-electron chi connectivity index (χ3n) is 3.58. The number of pyridine rings is 1. The van der Waals surface area contributed by atoms with Crippen molar-refractivity contribution in [3.05, 3.63) is 41.6 Å². The highest BCUT2D eigenvalue weighted by atomic mass is 35.5. The van der Waals surface area contributed by atoms with Gasteiger partial charge >= 0.3 is 0 Å². The van der Waals surface area contributed by atoms with E-state index >= 15 is 0 Å². The molecule has 128 valence electrons. The minimum absolute atomic E-state index is 0.521. The van der Waals surface area contributed by atoms with Gasteiger partial charge in [0.15, 0.2) is 5.82 Å². The lowest BCUT2D eigenvalue weighted by Gasteiger charge is -2.07. The van der Waals surface area contributed by atoms with Gasteiger partial charge in [0, 0.05) is 30.8 Å². The first kappa shape index (κ1) is 16.1. The van der Waals surface area contributed by atoms with Gasteiger partial charge in [-0.1, -0.05) is 11.6 Å². The van der Waals surface area contributed by atoms with E-state index in [1.54, 1.807) is 18.6 Å². The molecule has 0 amide bonds. The van der Waals surface area contributed by atoms with Gasteiger partial charge in [-0.05, 0) is 24.1 Å². The monoisotopic (exact) mass is 375 g/mol.